The van der Waals surface area contributed by atoms with Crippen molar-refractivity contribution in [3.05, 3.63) is 62.4 Å². The molecule has 0 aliphatic rings. The van der Waals surface area contributed by atoms with Gasteiger partial charge in [0.15, 0.2) is 5.75 Å². The van der Waals surface area contributed by atoms with Gasteiger partial charge in [0.1, 0.15) is 12.5 Å². The lowest BCUT2D eigenvalue weighted by atomic mass is 10.1. The van der Waals surface area contributed by atoms with E-state index in [0.717, 1.165) is 16.9 Å². The second-order valence-corrected chi connectivity index (χ2v) is 15.0. The number of ether oxygens (including phenoxy) is 2. The van der Waals surface area contributed by atoms with E-state index in [2.05, 4.69) is 19.6 Å². The summed E-state index contributed by atoms with van der Waals surface area (Å²) in [6, 6.07) is 11.5. The topological polar surface area (TPSA) is 66.5 Å². The second kappa shape index (κ2) is 9.02. The van der Waals surface area contributed by atoms with Gasteiger partial charge in [0, 0.05) is 31.3 Å². The number of pyridine rings is 1. The Balaban J connectivity index is 1.90. The van der Waals surface area contributed by atoms with Crippen molar-refractivity contribution < 1.29 is 9.47 Å². The third kappa shape index (κ3) is 5.37. The summed E-state index contributed by atoms with van der Waals surface area (Å²) in [5, 5.41) is 1.52. The van der Waals surface area contributed by atoms with Gasteiger partial charge in [-0.15, -0.1) is 0 Å². The Bertz CT molecular complexity index is 1120. The molecule has 0 aliphatic carbocycles. The van der Waals surface area contributed by atoms with Crippen LogP contribution in [0, 0.1) is 6.92 Å². The van der Waals surface area contributed by atoms with E-state index in [-0.39, 0.29) is 12.3 Å². The molecule has 8 heteroatoms. The van der Waals surface area contributed by atoms with Crippen molar-refractivity contribution in [2.45, 2.75) is 39.3 Å². The molecule has 0 unspecified atom stereocenters. The van der Waals surface area contributed by atoms with Crippen molar-refractivity contribution in [2.24, 2.45) is 0 Å². The number of nitrogens with two attached hydrogens (primary N) is 1. The molecule has 1 aromatic heterocycles. The van der Waals surface area contributed by atoms with Gasteiger partial charge in [-0.1, -0.05) is 42.8 Å². The third-order valence-electron chi connectivity index (χ3n) is 4.70. The lowest BCUT2D eigenvalue weighted by Gasteiger charge is -2.17. The van der Waals surface area contributed by atoms with E-state index >= 15 is 0 Å². The molecular weight excluding hydrogens is 439 g/mol. The monoisotopic (exact) mass is 464 g/mol. The van der Waals surface area contributed by atoms with Crippen molar-refractivity contribution in [3.8, 4) is 11.5 Å². The van der Waals surface area contributed by atoms with Crippen molar-refractivity contribution in [2.75, 3.05) is 12.3 Å². The summed E-state index contributed by atoms with van der Waals surface area (Å²) in [5.41, 5.74) is 7.57. The normalized spacial score (nSPS) is 11.8. The average Bonchev–Trinajstić information content (AvgIpc) is 2.63. The van der Waals surface area contributed by atoms with Crippen LogP contribution in [-0.2, 0) is 11.5 Å². The number of aryl methyl sites for hydroxylation is 1. The van der Waals surface area contributed by atoms with Crippen LogP contribution in [0.1, 0.15) is 5.56 Å². The minimum Gasteiger partial charge on any atom is -0.454 e. The summed E-state index contributed by atoms with van der Waals surface area (Å²) >= 11 is 12.5. The molecule has 160 valence electrons. The highest BCUT2D eigenvalue weighted by molar-refractivity contribution is 6.76. The zero-order chi connectivity index (χ0) is 22.1. The van der Waals surface area contributed by atoms with Crippen LogP contribution >= 0.6 is 23.2 Å². The summed E-state index contributed by atoms with van der Waals surface area (Å²) in [6.07, 6.45) is 0. The molecule has 3 rings (SSSR count). The molecule has 3 aromatic rings. The first-order valence-electron chi connectivity index (χ1n) is 9.69. The van der Waals surface area contributed by atoms with Gasteiger partial charge in [-0.2, -0.15) is 0 Å². The van der Waals surface area contributed by atoms with Gasteiger partial charge < -0.3 is 15.2 Å². The van der Waals surface area contributed by atoms with E-state index in [0.29, 0.717) is 39.4 Å². The first-order chi connectivity index (χ1) is 14.0. The number of nitrogens with zero attached hydrogens (tertiary/aromatic N) is 1. The number of fused-ring (bicyclic) bond motifs is 1. The summed E-state index contributed by atoms with van der Waals surface area (Å²) in [6.45, 7) is 9.55. The fourth-order valence-electron chi connectivity index (χ4n) is 3.03. The molecule has 0 saturated heterocycles. The summed E-state index contributed by atoms with van der Waals surface area (Å²) in [7, 11) is -1.19. The molecule has 5 nitrogen and oxygen atoms in total. The molecule has 1 heterocycles. The first-order valence-corrected chi connectivity index (χ1v) is 14.2. The molecule has 0 atom stereocenters. The van der Waals surface area contributed by atoms with E-state index < -0.39 is 8.07 Å². The lowest BCUT2D eigenvalue weighted by Crippen LogP contribution is -2.26. The quantitative estimate of drug-likeness (QED) is 0.253. The van der Waals surface area contributed by atoms with E-state index in [1.54, 1.807) is 29.7 Å². The van der Waals surface area contributed by atoms with Crippen LogP contribution < -0.4 is 16.0 Å². The molecule has 0 spiro atoms. The van der Waals surface area contributed by atoms with E-state index in [4.69, 9.17) is 38.4 Å². The number of benzene rings is 2. The largest absolute Gasteiger partial charge is 0.454 e. The van der Waals surface area contributed by atoms with Crippen LogP contribution in [0.3, 0.4) is 0 Å². The maximum Gasteiger partial charge on any atom is 0.255 e. The molecule has 2 N–H and O–H groups in total. The maximum absolute atomic E-state index is 12.7. The SMILES string of the molecule is Cc1cc2cc(Oc3c(Cl)cc(N)cc3Cl)ccc2n(COCC[Si](C)(C)C)c1=O. The van der Waals surface area contributed by atoms with Gasteiger partial charge in [-0.05, 0) is 49.4 Å². The van der Waals surface area contributed by atoms with Crippen LogP contribution in [0.25, 0.3) is 10.9 Å². The first kappa shape index (κ1) is 22.7. The van der Waals surface area contributed by atoms with Gasteiger partial charge in [0.2, 0.25) is 0 Å². The number of rotatable bonds is 7. The number of nitrogen functional groups attached to an aromatic ring is 1. The van der Waals surface area contributed by atoms with E-state index in [1.807, 2.05) is 18.2 Å². The van der Waals surface area contributed by atoms with Crippen molar-refractivity contribution in [3.63, 3.8) is 0 Å². The fraction of sp³-hybridized carbons (Fsp3) is 0.318. The Morgan fingerprint density at radius 2 is 1.73 bits per heavy atom. The fourth-order valence-corrected chi connectivity index (χ4v) is 4.37. The molecular formula is C22H26Cl2N2O3Si. The van der Waals surface area contributed by atoms with Crippen LogP contribution in [0.4, 0.5) is 5.69 Å². The van der Waals surface area contributed by atoms with Gasteiger partial charge in [0.05, 0.1) is 15.6 Å². The number of anilines is 1. The van der Waals surface area contributed by atoms with Crippen LogP contribution in [0.5, 0.6) is 11.5 Å². The highest BCUT2D eigenvalue weighted by Crippen LogP contribution is 2.38. The molecule has 0 aliphatic heterocycles. The molecule has 0 fully saturated rings. The minimum atomic E-state index is -1.19. The Morgan fingerprint density at radius 3 is 2.37 bits per heavy atom. The Kier molecular flexibility index (Phi) is 6.82. The molecule has 30 heavy (non-hydrogen) atoms. The van der Waals surface area contributed by atoms with Crippen LogP contribution in [0.2, 0.25) is 35.7 Å². The van der Waals surface area contributed by atoms with Crippen LogP contribution in [-0.4, -0.2) is 19.2 Å². The lowest BCUT2D eigenvalue weighted by molar-refractivity contribution is 0.0877. The van der Waals surface area contributed by atoms with E-state index in [1.165, 1.54) is 0 Å². The second-order valence-electron chi connectivity index (χ2n) is 8.54. The van der Waals surface area contributed by atoms with Gasteiger partial charge in [0.25, 0.3) is 5.56 Å². The Hall–Kier alpha value is -1.99. The zero-order valence-electron chi connectivity index (χ0n) is 17.6. The third-order valence-corrected chi connectivity index (χ3v) is 6.97. The Labute approximate surface area is 187 Å². The van der Waals surface area contributed by atoms with Gasteiger partial charge in [-0.25, -0.2) is 0 Å². The van der Waals surface area contributed by atoms with Crippen LogP contribution in [0.15, 0.2) is 41.2 Å². The van der Waals surface area contributed by atoms with Crippen molar-refractivity contribution >= 4 is 47.9 Å². The number of hydrogen-bond acceptors (Lipinski definition) is 4. The van der Waals surface area contributed by atoms with Crippen molar-refractivity contribution in [1.82, 2.24) is 4.57 Å². The maximum atomic E-state index is 12.7. The smallest absolute Gasteiger partial charge is 0.255 e. The minimum absolute atomic E-state index is 0.0613. The number of hydrogen-bond donors (Lipinski definition) is 1. The highest BCUT2D eigenvalue weighted by Gasteiger charge is 2.14. The average molecular weight is 465 g/mol. The van der Waals surface area contributed by atoms with Gasteiger partial charge in [-0.3, -0.25) is 9.36 Å². The van der Waals surface area contributed by atoms with Crippen molar-refractivity contribution in [1.29, 1.82) is 0 Å². The predicted molar refractivity (Wildman–Crippen MR) is 128 cm³/mol. The molecule has 0 radical (unpaired) electrons. The van der Waals surface area contributed by atoms with Gasteiger partial charge >= 0.3 is 0 Å². The predicted octanol–water partition coefficient (Wildman–Crippen LogP) is 6.30. The highest BCUT2D eigenvalue weighted by atomic mass is 35.5. The molecule has 2 aromatic carbocycles. The number of halogens is 2. The molecule has 0 amide bonds. The summed E-state index contributed by atoms with van der Waals surface area (Å²) in [5.74, 6) is 0.895. The Morgan fingerprint density at radius 1 is 1.07 bits per heavy atom. The zero-order valence-corrected chi connectivity index (χ0v) is 20.1. The summed E-state index contributed by atoms with van der Waals surface area (Å²) in [4.78, 5) is 12.7. The number of aromatic nitrogens is 1. The summed E-state index contributed by atoms with van der Waals surface area (Å²) < 4.78 is 13.4. The standard InChI is InChI=1S/C22H26Cl2N2O3Si/c1-14-9-15-10-17(29-21-18(23)11-16(25)12-19(21)24)5-6-20(15)26(22(14)27)13-28-7-8-30(2,3)4/h5-6,9-12H,7-8,13,25H2,1-4H3. The molecule has 0 bridgehead atoms. The van der Waals surface area contributed by atoms with E-state index in [9.17, 15) is 4.79 Å². The molecule has 0 saturated carbocycles.